The van der Waals surface area contributed by atoms with Crippen LogP contribution < -0.4 is 15.5 Å². The Hall–Kier alpha value is -2.96. The first-order valence-corrected chi connectivity index (χ1v) is 11.7. The summed E-state index contributed by atoms with van der Waals surface area (Å²) in [5.74, 6) is -0.161. The van der Waals surface area contributed by atoms with Crippen LogP contribution in [0.4, 0.5) is 16.2 Å². The lowest BCUT2D eigenvalue weighted by Crippen LogP contribution is -2.41. The van der Waals surface area contributed by atoms with Crippen molar-refractivity contribution in [3.05, 3.63) is 88.9 Å². The van der Waals surface area contributed by atoms with E-state index in [9.17, 15) is 9.59 Å². The van der Waals surface area contributed by atoms with Gasteiger partial charge >= 0.3 is 6.03 Å². The number of nitrogens with zero attached hydrogens (tertiary/aromatic N) is 1. The predicted octanol–water partition coefficient (Wildman–Crippen LogP) is 5.85. The number of benzene rings is 3. The molecule has 3 aromatic rings. The predicted molar refractivity (Wildman–Crippen MR) is 132 cm³/mol. The van der Waals surface area contributed by atoms with Crippen LogP contribution in [0.25, 0.3) is 0 Å². The molecule has 1 aliphatic heterocycles. The molecule has 0 aliphatic carbocycles. The molecule has 0 bridgehead atoms. The van der Waals surface area contributed by atoms with Crippen molar-refractivity contribution in [1.82, 2.24) is 5.32 Å². The van der Waals surface area contributed by atoms with Crippen molar-refractivity contribution in [1.29, 1.82) is 0 Å². The van der Waals surface area contributed by atoms with Gasteiger partial charge in [0.2, 0.25) is 0 Å². The molecule has 0 fully saturated rings. The van der Waals surface area contributed by atoms with Crippen LogP contribution in [-0.4, -0.2) is 30.3 Å². The van der Waals surface area contributed by atoms with Crippen molar-refractivity contribution in [3.63, 3.8) is 0 Å². The molecule has 3 aromatic carbocycles. The van der Waals surface area contributed by atoms with Gasteiger partial charge in [-0.2, -0.15) is 0 Å². The second kappa shape index (κ2) is 10.1. The van der Waals surface area contributed by atoms with Crippen molar-refractivity contribution < 1.29 is 9.59 Å². The molecule has 7 heteroatoms. The molecule has 2 N–H and O–H groups in total. The number of urea groups is 1. The van der Waals surface area contributed by atoms with Gasteiger partial charge in [0.05, 0.1) is 5.69 Å². The number of thioether (sulfide) groups is 1. The molecule has 5 nitrogen and oxygen atoms in total. The molecular weight excluding hydrogens is 442 g/mol. The van der Waals surface area contributed by atoms with E-state index in [0.29, 0.717) is 41.0 Å². The summed E-state index contributed by atoms with van der Waals surface area (Å²) in [5, 5.41) is 6.86. The van der Waals surface area contributed by atoms with E-state index in [-0.39, 0.29) is 11.9 Å². The molecule has 32 heavy (non-hydrogen) atoms. The Morgan fingerprint density at radius 1 is 1.03 bits per heavy atom. The zero-order chi connectivity index (χ0) is 22.5. The second-order valence-corrected chi connectivity index (χ2v) is 9.50. The monoisotopic (exact) mass is 465 g/mol. The maximum atomic E-state index is 12.9. The van der Waals surface area contributed by atoms with Crippen LogP contribution in [0.15, 0.2) is 77.7 Å². The molecule has 1 heterocycles. The van der Waals surface area contributed by atoms with E-state index in [4.69, 9.17) is 11.6 Å². The van der Waals surface area contributed by atoms with Gasteiger partial charge in [0.1, 0.15) is 0 Å². The van der Waals surface area contributed by atoms with Gasteiger partial charge in [0.25, 0.3) is 5.91 Å². The quantitative estimate of drug-likeness (QED) is 0.497. The van der Waals surface area contributed by atoms with Gasteiger partial charge in [-0.05, 0) is 54.4 Å². The van der Waals surface area contributed by atoms with Crippen LogP contribution in [0, 0.1) is 0 Å². The molecule has 0 saturated heterocycles. The summed E-state index contributed by atoms with van der Waals surface area (Å²) >= 11 is 7.93. The highest BCUT2D eigenvalue weighted by Crippen LogP contribution is 2.38. The molecular formula is C25H24ClN3O2S. The number of amides is 3. The second-order valence-electron chi connectivity index (χ2n) is 7.61. The zero-order valence-electron chi connectivity index (χ0n) is 17.7. The molecule has 0 unspecified atom stereocenters. The Morgan fingerprint density at radius 3 is 2.53 bits per heavy atom. The summed E-state index contributed by atoms with van der Waals surface area (Å²) in [6, 6.07) is 22.3. The maximum Gasteiger partial charge on any atom is 0.326 e. The van der Waals surface area contributed by atoms with Crippen LogP contribution >= 0.6 is 23.4 Å². The number of halogens is 1. The number of carbonyl (C=O) groups is 2. The molecule has 0 radical (unpaired) electrons. The number of carbonyl (C=O) groups excluding carboxylic acids is 2. The van der Waals surface area contributed by atoms with Gasteiger partial charge < -0.3 is 10.6 Å². The van der Waals surface area contributed by atoms with Crippen LogP contribution in [0.3, 0.4) is 0 Å². The normalized spacial score (nSPS) is 15.1. The van der Waals surface area contributed by atoms with Gasteiger partial charge in [0, 0.05) is 39.5 Å². The fourth-order valence-corrected chi connectivity index (χ4v) is 4.93. The van der Waals surface area contributed by atoms with E-state index < -0.39 is 0 Å². The summed E-state index contributed by atoms with van der Waals surface area (Å²) in [7, 11) is 0. The first kappa shape index (κ1) is 22.2. The Labute approximate surface area is 197 Å². The van der Waals surface area contributed by atoms with Gasteiger partial charge in [-0.15, -0.1) is 11.8 Å². The number of rotatable bonds is 5. The standard InChI is InChI=1S/C25H24ClN3O2S/c1-17-16-29(22-8-4-5-9-23(22)32-17)25(31)28-20-12-10-19(11-13-20)24(30)27-15-14-18-6-2-3-7-21(18)26/h2-13,17H,14-16H2,1H3,(H,27,30)(H,28,31)/t17-/m1/s1. The average Bonchev–Trinajstić information content (AvgIpc) is 2.80. The Bertz CT molecular complexity index is 1120. The minimum Gasteiger partial charge on any atom is -0.352 e. The zero-order valence-corrected chi connectivity index (χ0v) is 19.2. The molecule has 3 amide bonds. The molecule has 4 rings (SSSR count). The van der Waals surface area contributed by atoms with E-state index in [0.717, 1.165) is 16.1 Å². The molecule has 0 saturated carbocycles. The van der Waals surface area contributed by atoms with Crippen molar-refractivity contribution in [2.75, 3.05) is 23.3 Å². The van der Waals surface area contributed by atoms with Crippen LogP contribution in [0.2, 0.25) is 5.02 Å². The SMILES string of the molecule is C[C@@H]1CN(C(=O)Nc2ccc(C(=O)NCCc3ccccc3Cl)cc2)c2ccccc2S1. The summed E-state index contributed by atoms with van der Waals surface area (Å²) in [5.41, 5.74) is 3.10. The van der Waals surface area contributed by atoms with Gasteiger partial charge in [0.15, 0.2) is 0 Å². The average molecular weight is 466 g/mol. The Kier molecular flexibility index (Phi) is 7.02. The van der Waals surface area contributed by atoms with Crippen molar-refractivity contribution >= 4 is 46.7 Å². The van der Waals surface area contributed by atoms with E-state index >= 15 is 0 Å². The third kappa shape index (κ3) is 5.26. The highest BCUT2D eigenvalue weighted by atomic mass is 35.5. The Balaban J connectivity index is 1.34. The van der Waals surface area contributed by atoms with Gasteiger partial charge in [-0.1, -0.05) is 48.9 Å². The Morgan fingerprint density at radius 2 is 1.75 bits per heavy atom. The van der Waals surface area contributed by atoms with E-state index in [1.54, 1.807) is 40.9 Å². The molecule has 1 atom stereocenters. The number of hydrogen-bond acceptors (Lipinski definition) is 3. The number of hydrogen-bond donors (Lipinski definition) is 2. The van der Waals surface area contributed by atoms with E-state index in [1.807, 2.05) is 48.5 Å². The summed E-state index contributed by atoms with van der Waals surface area (Å²) in [6.45, 7) is 3.24. The van der Waals surface area contributed by atoms with E-state index in [1.165, 1.54) is 0 Å². The lowest BCUT2D eigenvalue weighted by Gasteiger charge is -2.32. The molecule has 1 aliphatic rings. The number of anilines is 2. The van der Waals surface area contributed by atoms with E-state index in [2.05, 4.69) is 17.6 Å². The summed E-state index contributed by atoms with van der Waals surface area (Å²) in [6.07, 6.45) is 0.660. The van der Waals surface area contributed by atoms with Crippen LogP contribution in [0.1, 0.15) is 22.8 Å². The topological polar surface area (TPSA) is 61.4 Å². The summed E-state index contributed by atoms with van der Waals surface area (Å²) in [4.78, 5) is 28.2. The van der Waals surface area contributed by atoms with Crippen molar-refractivity contribution in [2.45, 2.75) is 23.5 Å². The molecule has 0 aromatic heterocycles. The minimum atomic E-state index is -0.179. The number of fused-ring (bicyclic) bond motifs is 1. The summed E-state index contributed by atoms with van der Waals surface area (Å²) < 4.78 is 0. The first-order chi connectivity index (χ1) is 15.5. The maximum absolute atomic E-state index is 12.9. The highest BCUT2D eigenvalue weighted by molar-refractivity contribution is 8.00. The van der Waals surface area contributed by atoms with Crippen LogP contribution in [0.5, 0.6) is 0 Å². The molecule has 0 spiro atoms. The lowest BCUT2D eigenvalue weighted by molar-refractivity contribution is 0.0954. The fourth-order valence-electron chi connectivity index (χ4n) is 3.59. The van der Waals surface area contributed by atoms with Crippen LogP contribution in [-0.2, 0) is 6.42 Å². The number of para-hydroxylation sites is 1. The van der Waals surface area contributed by atoms with Crippen molar-refractivity contribution in [3.8, 4) is 0 Å². The largest absolute Gasteiger partial charge is 0.352 e. The van der Waals surface area contributed by atoms with Gasteiger partial charge in [-0.25, -0.2) is 4.79 Å². The lowest BCUT2D eigenvalue weighted by atomic mass is 10.1. The van der Waals surface area contributed by atoms with Crippen molar-refractivity contribution in [2.24, 2.45) is 0 Å². The highest BCUT2D eigenvalue weighted by Gasteiger charge is 2.26. The number of nitrogens with one attached hydrogen (secondary N) is 2. The smallest absolute Gasteiger partial charge is 0.326 e. The molecule has 164 valence electrons. The van der Waals surface area contributed by atoms with Gasteiger partial charge in [-0.3, -0.25) is 9.69 Å². The first-order valence-electron chi connectivity index (χ1n) is 10.5. The fraction of sp³-hybridized carbons (Fsp3) is 0.200. The third-order valence-corrected chi connectivity index (χ3v) is 6.72. The third-order valence-electron chi connectivity index (χ3n) is 5.21. The minimum absolute atomic E-state index is 0.161.